The van der Waals surface area contributed by atoms with Crippen LogP contribution in [0.4, 0.5) is 18.9 Å². The van der Waals surface area contributed by atoms with E-state index >= 15 is 0 Å². The van der Waals surface area contributed by atoms with E-state index in [4.69, 9.17) is 5.26 Å². The highest BCUT2D eigenvalue weighted by atomic mass is 19.2. The molecule has 0 aliphatic rings. The summed E-state index contributed by atoms with van der Waals surface area (Å²) in [5, 5.41) is 11.4. The lowest BCUT2D eigenvalue weighted by Gasteiger charge is -2.17. The summed E-state index contributed by atoms with van der Waals surface area (Å²) in [6.45, 7) is 3.35. The molecule has 1 unspecified atom stereocenters. The van der Waals surface area contributed by atoms with E-state index in [2.05, 4.69) is 5.32 Å². The molecule has 0 aliphatic heterocycles. The van der Waals surface area contributed by atoms with Gasteiger partial charge in [-0.2, -0.15) is 5.26 Å². The average molecular weight is 290 g/mol. The van der Waals surface area contributed by atoms with Gasteiger partial charge in [0, 0.05) is 6.04 Å². The Labute approximate surface area is 120 Å². The van der Waals surface area contributed by atoms with Crippen LogP contribution in [0.15, 0.2) is 30.3 Å². The molecule has 1 atom stereocenters. The van der Waals surface area contributed by atoms with E-state index in [9.17, 15) is 13.2 Å². The number of hydrogen-bond donors (Lipinski definition) is 1. The fourth-order valence-electron chi connectivity index (χ4n) is 1.94. The van der Waals surface area contributed by atoms with Gasteiger partial charge in [0.2, 0.25) is 0 Å². The second-order valence-corrected chi connectivity index (χ2v) is 4.78. The van der Waals surface area contributed by atoms with Crippen molar-refractivity contribution in [2.75, 3.05) is 5.32 Å². The molecule has 0 saturated carbocycles. The molecule has 0 aliphatic carbocycles. The third-order valence-corrected chi connectivity index (χ3v) is 3.27. The smallest absolute Gasteiger partial charge is 0.183 e. The Morgan fingerprint density at radius 1 is 1.10 bits per heavy atom. The Hall–Kier alpha value is -2.48. The molecular weight excluding hydrogens is 277 g/mol. The number of nitrogens with zero attached hydrogens (tertiary/aromatic N) is 1. The maximum absolute atomic E-state index is 13.8. The van der Waals surface area contributed by atoms with Crippen molar-refractivity contribution in [3.63, 3.8) is 0 Å². The second kappa shape index (κ2) is 5.88. The van der Waals surface area contributed by atoms with Gasteiger partial charge in [-0.05, 0) is 43.2 Å². The summed E-state index contributed by atoms with van der Waals surface area (Å²) < 4.78 is 40.9. The summed E-state index contributed by atoms with van der Waals surface area (Å²) >= 11 is 0. The first-order valence-electron chi connectivity index (χ1n) is 6.34. The Balaban J connectivity index is 2.27. The van der Waals surface area contributed by atoms with Crippen molar-refractivity contribution in [1.82, 2.24) is 0 Å². The van der Waals surface area contributed by atoms with Gasteiger partial charge in [0.15, 0.2) is 11.6 Å². The lowest BCUT2D eigenvalue weighted by molar-refractivity contribution is 0.507. The van der Waals surface area contributed by atoms with Gasteiger partial charge in [0.25, 0.3) is 0 Å². The van der Waals surface area contributed by atoms with Crippen LogP contribution in [-0.2, 0) is 0 Å². The van der Waals surface area contributed by atoms with Crippen LogP contribution in [0.1, 0.15) is 29.7 Å². The largest absolute Gasteiger partial charge is 0.376 e. The number of anilines is 1. The molecule has 0 fully saturated rings. The van der Waals surface area contributed by atoms with Gasteiger partial charge in [-0.3, -0.25) is 0 Å². The normalized spacial score (nSPS) is 11.8. The highest BCUT2D eigenvalue weighted by molar-refractivity contribution is 5.51. The van der Waals surface area contributed by atoms with Crippen molar-refractivity contribution in [3.05, 3.63) is 64.5 Å². The van der Waals surface area contributed by atoms with Crippen LogP contribution in [0.3, 0.4) is 0 Å². The monoisotopic (exact) mass is 290 g/mol. The first kappa shape index (κ1) is 14.9. The molecule has 0 heterocycles. The lowest BCUT2D eigenvalue weighted by Crippen LogP contribution is -2.09. The molecule has 21 heavy (non-hydrogen) atoms. The van der Waals surface area contributed by atoms with Crippen LogP contribution in [0.2, 0.25) is 0 Å². The Morgan fingerprint density at radius 3 is 2.43 bits per heavy atom. The van der Waals surface area contributed by atoms with Gasteiger partial charge < -0.3 is 5.32 Å². The first-order valence-corrected chi connectivity index (χ1v) is 6.34. The van der Waals surface area contributed by atoms with Crippen LogP contribution in [-0.4, -0.2) is 0 Å². The molecule has 0 radical (unpaired) electrons. The highest BCUT2D eigenvalue weighted by Gasteiger charge is 2.15. The van der Waals surface area contributed by atoms with Crippen molar-refractivity contribution in [2.24, 2.45) is 0 Å². The Bertz CT molecular complexity index is 720. The number of nitrogens with one attached hydrogen (secondary N) is 1. The Morgan fingerprint density at radius 2 is 1.81 bits per heavy atom. The SMILES string of the molecule is Cc1ccc(C(C)Nc2ccc(C#N)c(F)c2F)cc1F. The summed E-state index contributed by atoms with van der Waals surface area (Å²) in [7, 11) is 0. The van der Waals surface area contributed by atoms with Gasteiger partial charge in [0.05, 0.1) is 11.3 Å². The predicted molar refractivity (Wildman–Crippen MR) is 74.2 cm³/mol. The minimum absolute atomic E-state index is 0.0695. The minimum atomic E-state index is -1.19. The van der Waals surface area contributed by atoms with Crippen molar-refractivity contribution in [2.45, 2.75) is 19.9 Å². The van der Waals surface area contributed by atoms with Crippen LogP contribution < -0.4 is 5.32 Å². The van der Waals surface area contributed by atoms with Crippen molar-refractivity contribution in [1.29, 1.82) is 5.26 Å². The molecule has 2 nitrogen and oxygen atoms in total. The molecular formula is C16H13F3N2. The first-order chi connectivity index (χ1) is 9.93. The topological polar surface area (TPSA) is 35.8 Å². The molecule has 1 N–H and O–H groups in total. The summed E-state index contributed by atoms with van der Waals surface area (Å²) in [6.07, 6.45) is 0. The van der Waals surface area contributed by atoms with E-state index in [-0.39, 0.29) is 17.1 Å². The standard InChI is InChI=1S/C16H13F3N2/c1-9-3-4-11(7-13(9)17)10(2)21-14-6-5-12(8-20)15(18)16(14)19/h3-7,10,21H,1-2H3. The summed E-state index contributed by atoms with van der Waals surface area (Å²) in [5.41, 5.74) is 0.705. The van der Waals surface area contributed by atoms with Crippen molar-refractivity contribution in [3.8, 4) is 6.07 Å². The Kier molecular flexibility index (Phi) is 4.18. The minimum Gasteiger partial charge on any atom is -0.376 e. The van der Waals surface area contributed by atoms with Gasteiger partial charge in [-0.15, -0.1) is 0 Å². The molecule has 0 amide bonds. The van der Waals surface area contributed by atoms with Crippen LogP contribution in [0, 0.1) is 35.7 Å². The van der Waals surface area contributed by atoms with E-state index in [1.807, 2.05) is 0 Å². The van der Waals surface area contributed by atoms with Gasteiger partial charge in [-0.25, -0.2) is 13.2 Å². The summed E-state index contributed by atoms with van der Waals surface area (Å²) in [6, 6.07) is 8.33. The average Bonchev–Trinajstić information content (AvgIpc) is 2.47. The summed E-state index contributed by atoms with van der Waals surface area (Å²) in [4.78, 5) is 0. The number of aryl methyl sites for hydroxylation is 1. The maximum Gasteiger partial charge on any atom is 0.183 e. The number of nitriles is 1. The van der Waals surface area contributed by atoms with E-state index in [0.29, 0.717) is 11.1 Å². The number of rotatable bonds is 3. The van der Waals surface area contributed by atoms with Gasteiger partial charge in [-0.1, -0.05) is 12.1 Å². The fourth-order valence-corrected chi connectivity index (χ4v) is 1.94. The number of hydrogen-bond acceptors (Lipinski definition) is 2. The number of benzene rings is 2. The zero-order valence-corrected chi connectivity index (χ0v) is 11.5. The molecule has 0 saturated heterocycles. The number of halogens is 3. The molecule has 2 rings (SSSR count). The van der Waals surface area contributed by atoms with Gasteiger partial charge >= 0.3 is 0 Å². The third kappa shape index (κ3) is 3.00. The second-order valence-electron chi connectivity index (χ2n) is 4.78. The van der Waals surface area contributed by atoms with Crippen molar-refractivity contribution >= 4 is 5.69 Å². The van der Waals surface area contributed by atoms with Gasteiger partial charge in [0.1, 0.15) is 11.9 Å². The molecule has 5 heteroatoms. The summed E-state index contributed by atoms with van der Waals surface area (Å²) in [5.74, 6) is -2.66. The molecule has 108 valence electrons. The molecule has 2 aromatic carbocycles. The molecule has 0 spiro atoms. The lowest BCUT2D eigenvalue weighted by atomic mass is 10.1. The molecule has 2 aromatic rings. The van der Waals surface area contributed by atoms with Crippen LogP contribution in [0.5, 0.6) is 0 Å². The van der Waals surface area contributed by atoms with E-state index < -0.39 is 17.7 Å². The van der Waals surface area contributed by atoms with E-state index in [1.165, 1.54) is 18.2 Å². The highest BCUT2D eigenvalue weighted by Crippen LogP contribution is 2.25. The predicted octanol–water partition coefficient (Wildman–Crippen LogP) is 4.46. The van der Waals surface area contributed by atoms with E-state index in [0.717, 1.165) is 0 Å². The third-order valence-electron chi connectivity index (χ3n) is 3.27. The maximum atomic E-state index is 13.8. The fraction of sp³-hybridized carbons (Fsp3) is 0.188. The molecule has 0 bridgehead atoms. The van der Waals surface area contributed by atoms with Crippen LogP contribution >= 0.6 is 0 Å². The van der Waals surface area contributed by atoms with Crippen LogP contribution in [0.25, 0.3) is 0 Å². The van der Waals surface area contributed by atoms with Crippen molar-refractivity contribution < 1.29 is 13.2 Å². The zero-order chi connectivity index (χ0) is 15.6. The quantitative estimate of drug-likeness (QED) is 0.906. The zero-order valence-electron chi connectivity index (χ0n) is 11.5. The van der Waals surface area contributed by atoms with E-state index in [1.54, 1.807) is 32.0 Å². The molecule has 0 aromatic heterocycles.